The minimum atomic E-state index is -3.64. The maximum Gasteiger partial charge on any atom is 0.244 e. The number of piperidine rings is 1. The smallest absolute Gasteiger partial charge is 0.244 e. The molecule has 2 rings (SSSR count). The zero-order valence-electron chi connectivity index (χ0n) is 14.2. The molecule has 0 radical (unpaired) electrons. The normalized spacial score (nSPS) is 16.9. The largest absolute Gasteiger partial charge is 0.335 e. The van der Waals surface area contributed by atoms with Crippen LogP contribution in [-0.2, 0) is 19.4 Å². The van der Waals surface area contributed by atoms with Gasteiger partial charge in [-0.2, -0.15) is 0 Å². The summed E-state index contributed by atoms with van der Waals surface area (Å²) in [6.45, 7) is 0.518. The molecule has 1 aliphatic rings. The molecule has 1 aromatic carbocycles. The molecule has 2 amide bonds. The highest BCUT2D eigenvalue weighted by Crippen LogP contribution is 2.29. The zero-order chi connectivity index (χ0) is 18.7. The van der Waals surface area contributed by atoms with Gasteiger partial charge in [0.05, 0.1) is 6.54 Å². The summed E-state index contributed by atoms with van der Waals surface area (Å²) in [6.07, 6.45) is 1.39. The zero-order valence-corrected chi connectivity index (χ0v) is 15.0. The van der Waals surface area contributed by atoms with Gasteiger partial charge in [0, 0.05) is 19.0 Å². The van der Waals surface area contributed by atoms with Gasteiger partial charge in [0.25, 0.3) is 0 Å². The molecule has 7 nitrogen and oxygen atoms in total. The lowest BCUT2D eigenvalue weighted by atomic mass is 9.95. The molecular formula is C16H22FN3O4S. The highest BCUT2D eigenvalue weighted by Gasteiger charge is 2.50. The summed E-state index contributed by atoms with van der Waals surface area (Å²) in [4.78, 5) is 26.0. The van der Waals surface area contributed by atoms with Crippen LogP contribution in [0.1, 0.15) is 12.8 Å². The second-order valence-corrected chi connectivity index (χ2v) is 8.56. The monoisotopic (exact) mass is 371 g/mol. The second kappa shape index (κ2) is 7.49. The molecule has 25 heavy (non-hydrogen) atoms. The van der Waals surface area contributed by atoms with Crippen LogP contribution in [0.2, 0.25) is 0 Å². The van der Waals surface area contributed by atoms with Crippen molar-refractivity contribution >= 4 is 27.3 Å². The van der Waals surface area contributed by atoms with E-state index in [1.165, 1.54) is 25.2 Å². The first kappa shape index (κ1) is 19.3. The first-order chi connectivity index (χ1) is 11.7. The number of halogens is 1. The predicted octanol–water partition coefficient (Wildman–Crippen LogP) is 0.389. The van der Waals surface area contributed by atoms with Gasteiger partial charge in [-0.15, -0.1) is 0 Å². The van der Waals surface area contributed by atoms with E-state index in [2.05, 4.69) is 10.6 Å². The molecule has 0 atom stereocenters. The molecule has 1 saturated heterocycles. The van der Waals surface area contributed by atoms with Gasteiger partial charge in [0.2, 0.25) is 11.8 Å². The highest BCUT2D eigenvalue weighted by molar-refractivity contribution is 7.92. The summed E-state index contributed by atoms with van der Waals surface area (Å²) < 4.78 is 36.1. The number of amides is 2. The van der Waals surface area contributed by atoms with E-state index >= 15 is 0 Å². The number of rotatable bonds is 5. The van der Waals surface area contributed by atoms with E-state index in [0.29, 0.717) is 13.1 Å². The van der Waals surface area contributed by atoms with Gasteiger partial charge in [-0.05, 0) is 44.1 Å². The summed E-state index contributed by atoms with van der Waals surface area (Å²) in [6, 6.07) is 5.38. The van der Waals surface area contributed by atoms with Crippen molar-refractivity contribution in [3.05, 3.63) is 30.1 Å². The molecule has 0 spiro atoms. The Labute approximate surface area is 146 Å². The molecule has 1 heterocycles. The quantitative estimate of drug-likeness (QED) is 0.781. The molecule has 0 saturated carbocycles. The van der Waals surface area contributed by atoms with E-state index < -0.39 is 32.2 Å². The van der Waals surface area contributed by atoms with Gasteiger partial charge in [0.15, 0.2) is 14.6 Å². The molecule has 0 bridgehead atoms. The molecule has 138 valence electrons. The van der Waals surface area contributed by atoms with Crippen molar-refractivity contribution in [2.24, 2.45) is 0 Å². The summed E-state index contributed by atoms with van der Waals surface area (Å²) in [5.74, 6) is -1.61. The SMILES string of the molecule is CN(CC(=O)Nc1cccc(F)c1)C(=O)C1(S(C)(=O)=O)CCNCC1. The fraction of sp³-hybridized carbons (Fsp3) is 0.500. The van der Waals surface area contributed by atoms with Crippen LogP contribution in [0.5, 0.6) is 0 Å². The van der Waals surface area contributed by atoms with Gasteiger partial charge in [-0.25, -0.2) is 12.8 Å². The minimum Gasteiger partial charge on any atom is -0.335 e. The van der Waals surface area contributed by atoms with E-state index in [0.717, 1.165) is 17.2 Å². The third-order valence-electron chi connectivity index (χ3n) is 4.35. The second-order valence-electron chi connectivity index (χ2n) is 6.24. The van der Waals surface area contributed by atoms with Crippen LogP contribution in [0.3, 0.4) is 0 Å². The summed E-state index contributed by atoms with van der Waals surface area (Å²) in [5, 5.41) is 5.52. The number of sulfone groups is 1. The van der Waals surface area contributed by atoms with Crippen molar-refractivity contribution in [1.29, 1.82) is 0 Å². The standard InChI is InChI=1S/C16H22FN3O4S/c1-20(11-14(21)19-13-5-3-4-12(17)10-13)15(22)16(25(2,23)24)6-8-18-9-7-16/h3-5,10,18H,6-9,11H2,1-2H3,(H,19,21). The van der Waals surface area contributed by atoms with Gasteiger partial charge in [-0.1, -0.05) is 6.07 Å². The number of nitrogens with one attached hydrogen (secondary N) is 2. The van der Waals surface area contributed by atoms with E-state index in [4.69, 9.17) is 0 Å². The van der Waals surface area contributed by atoms with Crippen LogP contribution in [0.15, 0.2) is 24.3 Å². The molecule has 0 aromatic heterocycles. The number of anilines is 1. The molecule has 9 heteroatoms. The Morgan fingerprint density at radius 3 is 2.52 bits per heavy atom. The number of hydrogen-bond acceptors (Lipinski definition) is 5. The van der Waals surface area contributed by atoms with E-state index in [1.54, 1.807) is 0 Å². The molecule has 0 unspecified atom stereocenters. The average Bonchev–Trinajstić information content (AvgIpc) is 2.53. The molecule has 1 aliphatic heterocycles. The van der Waals surface area contributed by atoms with E-state index in [9.17, 15) is 22.4 Å². The van der Waals surface area contributed by atoms with Crippen molar-refractivity contribution in [2.45, 2.75) is 17.6 Å². The third-order valence-corrected chi connectivity index (χ3v) is 6.35. The fourth-order valence-electron chi connectivity index (χ4n) is 2.98. The van der Waals surface area contributed by atoms with Crippen molar-refractivity contribution in [3.8, 4) is 0 Å². The maximum atomic E-state index is 13.1. The molecular weight excluding hydrogens is 349 g/mol. The van der Waals surface area contributed by atoms with Crippen molar-refractivity contribution in [2.75, 3.05) is 38.3 Å². The Morgan fingerprint density at radius 2 is 1.96 bits per heavy atom. The Kier molecular flexibility index (Phi) is 5.79. The Morgan fingerprint density at radius 1 is 1.32 bits per heavy atom. The first-order valence-electron chi connectivity index (χ1n) is 7.87. The van der Waals surface area contributed by atoms with E-state index in [-0.39, 0.29) is 25.1 Å². The van der Waals surface area contributed by atoms with Crippen LogP contribution >= 0.6 is 0 Å². The lowest BCUT2D eigenvalue weighted by Gasteiger charge is -2.37. The molecule has 1 aromatic rings. The van der Waals surface area contributed by atoms with Crippen molar-refractivity contribution < 1.29 is 22.4 Å². The Hall–Kier alpha value is -2.00. The number of nitrogens with zero attached hydrogens (tertiary/aromatic N) is 1. The average molecular weight is 371 g/mol. The van der Waals surface area contributed by atoms with E-state index in [1.807, 2.05) is 0 Å². The number of carbonyl (C=O) groups excluding carboxylic acids is 2. The molecule has 0 aliphatic carbocycles. The van der Waals surface area contributed by atoms with Gasteiger partial charge < -0.3 is 15.5 Å². The van der Waals surface area contributed by atoms with Crippen LogP contribution < -0.4 is 10.6 Å². The van der Waals surface area contributed by atoms with Crippen LogP contribution in [0.25, 0.3) is 0 Å². The first-order valence-corrected chi connectivity index (χ1v) is 9.76. The maximum absolute atomic E-state index is 13.1. The van der Waals surface area contributed by atoms with Crippen LogP contribution in [0, 0.1) is 5.82 Å². The summed E-state index contributed by atoms with van der Waals surface area (Å²) in [7, 11) is -2.25. The van der Waals surface area contributed by atoms with Crippen molar-refractivity contribution in [1.82, 2.24) is 10.2 Å². The van der Waals surface area contributed by atoms with Gasteiger partial charge in [-0.3, -0.25) is 9.59 Å². The predicted molar refractivity (Wildman–Crippen MR) is 92.3 cm³/mol. The van der Waals surface area contributed by atoms with Crippen LogP contribution in [0.4, 0.5) is 10.1 Å². The fourth-order valence-corrected chi connectivity index (χ4v) is 4.39. The number of carbonyl (C=O) groups is 2. The summed E-state index contributed by atoms with van der Waals surface area (Å²) >= 11 is 0. The van der Waals surface area contributed by atoms with Gasteiger partial charge >= 0.3 is 0 Å². The minimum absolute atomic E-state index is 0.167. The lowest BCUT2D eigenvalue weighted by molar-refractivity contribution is -0.136. The topological polar surface area (TPSA) is 95.6 Å². The molecule has 1 fully saturated rings. The highest BCUT2D eigenvalue weighted by atomic mass is 32.2. The Balaban J connectivity index is 2.09. The van der Waals surface area contributed by atoms with Crippen molar-refractivity contribution in [3.63, 3.8) is 0 Å². The number of benzene rings is 1. The van der Waals surface area contributed by atoms with Gasteiger partial charge in [0.1, 0.15) is 5.82 Å². The number of likely N-dealkylation sites (N-methyl/N-ethyl adjacent to an activating group) is 1. The summed E-state index contributed by atoms with van der Waals surface area (Å²) in [5.41, 5.74) is 0.269. The third kappa shape index (κ3) is 4.35. The van der Waals surface area contributed by atoms with Crippen LogP contribution in [-0.4, -0.2) is 62.8 Å². The Bertz CT molecular complexity index is 760. The number of hydrogen-bond donors (Lipinski definition) is 2. The molecule has 2 N–H and O–H groups in total. The lowest BCUT2D eigenvalue weighted by Crippen LogP contribution is -2.58.